The zero-order valence-electron chi connectivity index (χ0n) is 15.8. The van der Waals surface area contributed by atoms with E-state index in [0.29, 0.717) is 18.1 Å². The van der Waals surface area contributed by atoms with Crippen molar-refractivity contribution in [1.82, 2.24) is 15.3 Å². The van der Waals surface area contributed by atoms with Crippen LogP contribution in [0.2, 0.25) is 0 Å². The maximum atomic E-state index is 11.4. The van der Waals surface area contributed by atoms with Gasteiger partial charge in [-0.05, 0) is 37.5 Å². The van der Waals surface area contributed by atoms with Crippen LogP contribution in [0.1, 0.15) is 38.4 Å². The van der Waals surface area contributed by atoms with E-state index in [0.717, 1.165) is 40.3 Å². The summed E-state index contributed by atoms with van der Waals surface area (Å²) in [5, 5.41) is 6.44. The number of thiazole rings is 1. The Bertz CT molecular complexity index is 1000. The molecule has 2 aromatic heterocycles. The highest BCUT2D eigenvalue weighted by Gasteiger charge is 2.34. The molecule has 7 nitrogen and oxygen atoms in total. The van der Waals surface area contributed by atoms with E-state index in [1.165, 1.54) is 19.8 Å². The van der Waals surface area contributed by atoms with Crippen molar-refractivity contribution in [3.63, 3.8) is 0 Å². The number of ether oxygens (including phenoxy) is 1. The summed E-state index contributed by atoms with van der Waals surface area (Å²) in [6.45, 7) is 5.10. The fourth-order valence-corrected chi connectivity index (χ4v) is 4.85. The van der Waals surface area contributed by atoms with Crippen molar-refractivity contribution < 1.29 is 13.9 Å². The van der Waals surface area contributed by atoms with Crippen LogP contribution in [0.3, 0.4) is 0 Å². The predicted molar refractivity (Wildman–Crippen MR) is 107 cm³/mol. The van der Waals surface area contributed by atoms with Crippen molar-refractivity contribution in [2.45, 2.75) is 44.9 Å². The molecule has 0 saturated carbocycles. The standard InChI is InChI=1S/C20H22N4O3S/c1-11(26-12(2)25)13-7-16(19-21-5-6-28-19)18-17(8-13)23-20(27-18)24-9-14-3-4-15(10-24)22-14/h5-8,11,14-15,22H,3-4,9-10H2,1-2H3. The number of nitrogens with one attached hydrogen (secondary N) is 1. The second-order valence-corrected chi connectivity index (χ2v) is 8.44. The number of nitrogens with zero attached hydrogens (tertiary/aromatic N) is 3. The van der Waals surface area contributed by atoms with Gasteiger partial charge < -0.3 is 19.4 Å². The van der Waals surface area contributed by atoms with E-state index in [4.69, 9.17) is 14.1 Å². The molecule has 146 valence electrons. The Labute approximate surface area is 166 Å². The first-order valence-corrected chi connectivity index (χ1v) is 10.5. The second-order valence-electron chi connectivity index (χ2n) is 7.54. The molecule has 3 atom stereocenters. The van der Waals surface area contributed by atoms with Gasteiger partial charge in [0.25, 0.3) is 6.01 Å². The quantitative estimate of drug-likeness (QED) is 0.674. The molecule has 2 aliphatic heterocycles. The Hall–Kier alpha value is -2.45. The summed E-state index contributed by atoms with van der Waals surface area (Å²) in [5.74, 6) is -0.305. The number of benzene rings is 1. The fourth-order valence-electron chi connectivity index (χ4n) is 4.20. The highest BCUT2D eigenvalue weighted by molar-refractivity contribution is 7.13. The van der Waals surface area contributed by atoms with Crippen LogP contribution in [0, 0.1) is 0 Å². The molecule has 4 heterocycles. The molecule has 5 rings (SSSR count). The number of hydrogen-bond donors (Lipinski definition) is 1. The van der Waals surface area contributed by atoms with Crippen molar-refractivity contribution in [3.05, 3.63) is 29.3 Å². The molecular weight excluding hydrogens is 376 g/mol. The first-order valence-electron chi connectivity index (χ1n) is 9.59. The van der Waals surface area contributed by atoms with Crippen molar-refractivity contribution in [2.75, 3.05) is 18.0 Å². The van der Waals surface area contributed by atoms with Crippen molar-refractivity contribution in [2.24, 2.45) is 0 Å². The molecule has 1 N–H and O–H groups in total. The monoisotopic (exact) mass is 398 g/mol. The van der Waals surface area contributed by atoms with Gasteiger partial charge >= 0.3 is 5.97 Å². The van der Waals surface area contributed by atoms with Gasteiger partial charge in [-0.25, -0.2) is 4.98 Å². The van der Waals surface area contributed by atoms with E-state index in [1.807, 2.05) is 24.4 Å². The third kappa shape index (κ3) is 3.16. The van der Waals surface area contributed by atoms with Crippen LogP contribution in [0.5, 0.6) is 0 Å². The molecule has 3 unspecified atom stereocenters. The highest BCUT2D eigenvalue weighted by atomic mass is 32.1. The van der Waals surface area contributed by atoms with Crippen LogP contribution in [-0.4, -0.2) is 41.1 Å². The number of esters is 1. The van der Waals surface area contributed by atoms with Crippen molar-refractivity contribution in [3.8, 4) is 10.6 Å². The van der Waals surface area contributed by atoms with Gasteiger partial charge in [0.05, 0.1) is 5.56 Å². The third-order valence-electron chi connectivity index (χ3n) is 5.46. The number of fused-ring (bicyclic) bond motifs is 3. The van der Waals surface area contributed by atoms with Crippen LogP contribution < -0.4 is 10.2 Å². The van der Waals surface area contributed by atoms with Crippen LogP contribution >= 0.6 is 11.3 Å². The number of anilines is 1. The number of piperazine rings is 1. The van der Waals surface area contributed by atoms with Crippen molar-refractivity contribution in [1.29, 1.82) is 0 Å². The maximum absolute atomic E-state index is 11.4. The number of aromatic nitrogens is 2. The minimum Gasteiger partial charge on any atom is -0.458 e. The molecule has 0 spiro atoms. The summed E-state index contributed by atoms with van der Waals surface area (Å²) in [6.07, 6.45) is 3.82. The van der Waals surface area contributed by atoms with E-state index in [9.17, 15) is 4.79 Å². The number of hydrogen-bond acceptors (Lipinski definition) is 8. The van der Waals surface area contributed by atoms with Gasteiger partial charge in [0.2, 0.25) is 0 Å². The number of oxazole rings is 1. The summed E-state index contributed by atoms with van der Waals surface area (Å²) in [5.41, 5.74) is 3.27. The zero-order chi connectivity index (χ0) is 19.3. The van der Waals surface area contributed by atoms with E-state index in [-0.39, 0.29) is 12.1 Å². The Morgan fingerprint density at radius 1 is 1.36 bits per heavy atom. The molecule has 0 radical (unpaired) electrons. The largest absolute Gasteiger partial charge is 0.458 e. The van der Waals surface area contributed by atoms with Crippen LogP contribution in [-0.2, 0) is 9.53 Å². The average molecular weight is 398 g/mol. The minimum absolute atomic E-state index is 0.305. The van der Waals surface area contributed by atoms with Gasteiger partial charge in [0, 0.05) is 43.7 Å². The Kier molecular flexibility index (Phi) is 4.32. The van der Waals surface area contributed by atoms with E-state index in [2.05, 4.69) is 15.2 Å². The van der Waals surface area contributed by atoms with Gasteiger partial charge in [0.15, 0.2) is 5.58 Å². The summed E-state index contributed by atoms with van der Waals surface area (Å²) < 4.78 is 11.6. The molecule has 3 aromatic rings. The highest BCUT2D eigenvalue weighted by Crippen LogP contribution is 2.37. The topological polar surface area (TPSA) is 80.5 Å². The number of carbonyl (C=O) groups is 1. The minimum atomic E-state index is -0.365. The summed E-state index contributed by atoms with van der Waals surface area (Å²) in [4.78, 5) is 22.9. The third-order valence-corrected chi connectivity index (χ3v) is 6.27. The first kappa shape index (κ1) is 17.6. The molecule has 2 aliphatic rings. The first-order chi connectivity index (χ1) is 13.6. The second kappa shape index (κ2) is 6.86. The van der Waals surface area contributed by atoms with Gasteiger partial charge in [-0.15, -0.1) is 11.3 Å². The molecule has 28 heavy (non-hydrogen) atoms. The molecule has 2 fully saturated rings. The lowest BCUT2D eigenvalue weighted by Gasteiger charge is -2.31. The molecule has 2 bridgehead atoms. The average Bonchev–Trinajstić information content (AvgIpc) is 3.40. The van der Waals surface area contributed by atoms with Gasteiger partial charge in [-0.1, -0.05) is 0 Å². The lowest BCUT2D eigenvalue weighted by molar-refractivity contribution is -0.145. The lowest BCUT2D eigenvalue weighted by atomic mass is 10.1. The van der Waals surface area contributed by atoms with Gasteiger partial charge in [0.1, 0.15) is 16.6 Å². The molecule has 8 heteroatoms. The van der Waals surface area contributed by atoms with E-state index >= 15 is 0 Å². The summed E-state index contributed by atoms with van der Waals surface area (Å²) >= 11 is 1.55. The maximum Gasteiger partial charge on any atom is 0.303 e. The molecule has 1 aromatic carbocycles. The zero-order valence-corrected chi connectivity index (χ0v) is 16.7. The lowest BCUT2D eigenvalue weighted by Crippen LogP contribution is -2.51. The predicted octanol–water partition coefficient (Wildman–Crippen LogP) is 3.52. The Morgan fingerprint density at radius 3 is 2.82 bits per heavy atom. The summed E-state index contributed by atoms with van der Waals surface area (Å²) in [6, 6.07) is 5.61. The van der Waals surface area contributed by atoms with Crippen LogP contribution in [0.25, 0.3) is 21.7 Å². The number of rotatable bonds is 4. The number of carbonyl (C=O) groups excluding carboxylic acids is 1. The van der Waals surface area contributed by atoms with Crippen molar-refractivity contribution >= 4 is 34.4 Å². The van der Waals surface area contributed by atoms with Crippen LogP contribution in [0.4, 0.5) is 6.01 Å². The molecule has 0 amide bonds. The van der Waals surface area contributed by atoms with Gasteiger partial charge in [-0.3, -0.25) is 4.79 Å². The normalized spacial score (nSPS) is 22.6. The van der Waals surface area contributed by atoms with Crippen LogP contribution in [0.15, 0.2) is 28.1 Å². The SMILES string of the molecule is CC(=O)OC(C)c1cc(-c2nccs2)c2oc(N3CC4CCC(C3)N4)nc2c1. The molecule has 0 aliphatic carbocycles. The molecular formula is C20H22N4O3S. The molecule has 2 saturated heterocycles. The Morgan fingerprint density at radius 2 is 2.14 bits per heavy atom. The van der Waals surface area contributed by atoms with E-state index in [1.54, 1.807) is 17.5 Å². The fraction of sp³-hybridized carbons (Fsp3) is 0.450. The van der Waals surface area contributed by atoms with E-state index < -0.39 is 0 Å². The smallest absolute Gasteiger partial charge is 0.303 e. The summed E-state index contributed by atoms with van der Waals surface area (Å²) in [7, 11) is 0. The Balaban J connectivity index is 1.58. The van der Waals surface area contributed by atoms with Gasteiger partial charge in [-0.2, -0.15) is 4.98 Å².